The summed E-state index contributed by atoms with van der Waals surface area (Å²) in [6.45, 7) is 4.14. The molecule has 6 heteroatoms. The van der Waals surface area contributed by atoms with E-state index in [4.69, 9.17) is 9.47 Å². The number of carbonyl (C=O) groups excluding carboxylic acids is 2. The number of rotatable bonds is 16. The van der Waals surface area contributed by atoms with Crippen molar-refractivity contribution in [3.05, 3.63) is 48.3 Å². The molecule has 0 radical (unpaired) electrons. The average molecular weight is 567 g/mol. The van der Waals surface area contributed by atoms with Crippen molar-refractivity contribution in [3.8, 4) is 0 Å². The Balaban J connectivity index is 0.939. The van der Waals surface area contributed by atoms with E-state index in [-0.39, 0.29) is 24.3 Å². The van der Waals surface area contributed by atoms with Crippen molar-refractivity contribution in [2.45, 2.75) is 128 Å². The van der Waals surface area contributed by atoms with E-state index in [1.165, 1.54) is 89.9 Å². The third kappa shape index (κ3) is 10.7. The van der Waals surface area contributed by atoms with Crippen molar-refractivity contribution in [1.29, 1.82) is 0 Å². The molecule has 4 aliphatic rings. The Morgan fingerprint density at radius 1 is 0.732 bits per heavy atom. The maximum absolute atomic E-state index is 12.3. The molecule has 2 heterocycles. The van der Waals surface area contributed by atoms with Gasteiger partial charge in [0.2, 0.25) is 0 Å². The lowest BCUT2D eigenvalue weighted by atomic mass is 9.78. The van der Waals surface area contributed by atoms with Gasteiger partial charge in [0.25, 0.3) is 0 Å². The van der Waals surface area contributed by atoms with Gasteiger partial charge >= 0.3 is 12.2 Å². The zero-order valence-corrected chi connectivity index (χ0v) is 25.5. The molecule has 2 aliphatic heterocycles. The minimum atomic E-state index is -0.194. The number of unbranched alkanes of at least 4 members (excludes halogenated alkanes) is 8. The molecule has 2 amide bonds. The van der Waals surface area contributed by atoms with Crippen molar-refractivity contribution in [1.82, 2.24) is 9.80 Å². The van der Waals surface area contributed by atoms with E-state index in [1.54, 1.807) is 0 Å². The predicted molar refractivity (Wildman–Crippen MR) is 165 cm³/mol. The minimum Gasteiger partial charge on any atom is -0.442 e. The van der Waals surface area contributed by atoms with Crippen LogP contribution >= 0.6 is 0 Å². The SMILES string of the molecule is CC1/C=C\C=C/CN(CCCCCCCC2CCC(CCCCCCCN3C(=O)OC4=CC=CCC43)CC2)C(=O)O1. The summed E-state index contributed by atoms with van der Waals surface area (Å²) in [5.74, 6) is 2.72. The molecule has 41 heavy (non-hydrogen) atoms. The van der Waals surface area contributed by atoms with Crippen LogP contribution in [0.15, 0.2) is 48.3 Å². The number of ether oxygens (including phenoxy) is 2. The molecule has 2 fully saturated rings. The second kappa shape index (κ2) is 17.5. The molecule has 0 bridgehead atoms. The van der Waals surface area contributed by atoms with Gasteiger partial charge in [0.15, 0.2) is 0 Å². The van der Waals surface area contributed by atoms with Gasteiger partial charge in [-0.15, -0.1) is 0 Å². The smallest absolute Gasteiger partial charge is 0.415 e. The number of allylic oxidation sites excluding steroid dienone is 4. The summed E-state index contributed by atoms with van der Waals surface area (Å²) >= 11 is 0. The molecule has 0 N–H and O–H groups in total. The van der Waals surface area contributed by atoms with Crippen molar-refractivity contribution in [3.63, 3.8) is 0 Å². The first kappa shape index (κ1) is 31.4. The third-order valence-electron chi connectivity index (χ3n) is 9.42. The van der Waals surface area contributed by atoms with Crippen LogP contribution in [0.2, 0.25) is 0 Å². The highest BCUT2D eigenvalue weighted by atomic mass is 16.6. The highest BCUT2D eigenvalue weighted by Gasteiger charge is 2.37. The van der Waals surface area contributed by atoms with Crippen molar-refractivity contribution in [2.24, 2.45) is 11.8 Å². The molecule has 1 saturated carbocycles. The van der Waals surface area contributed by atoms with E-state index in [0.717, 1.165) is 49.9 Å². The largest absolute Gasteiger partial charge is 0.442 e. The van der Waals surface area contributed by atoms with Gasteiger partial charge in [0.05, 0.1) is 6.04 Å². The fourth-order valence-electron chi connectivity index (χ4n) is 6.85. The van der Waals surface area contributed by atoms with E-state index >= 15 is 0 Å². The molecule has 2 atom stereocenters. The summed E-state index contributed by atoms with van der Waals surface area (Å²) in [6.07, 6.45) is 35.3. The number of nitrogens with zero attached hydrogens (tertiary/aromatic N) is 2. The molecule has 0 spiro atoms. The average Bonchev–Trinajstić information content (AvgIpc) is 3.32. The van der Waals surface area contributed by atoms with Crippen LogP contribution in [0.25, 0.3) is 0 Å². The Bertz CT molecular complexity index is 930. The fourth-order valence-corrected chi connectivity index (χ4v) is 6.85. The van der Waals surface area contributed by atoms with Crippen LogP contribution in [-0.4, -0.2) is 53.8 Å². The maximum atomic E-state index is 12.3. The Kier molecular flexibility index (Phi) is 13.4. The Labute approximate surface area is 248 Å². The van der Waals surface area contributed by atoms with Crippen LogP contribution in [0.5, 0.6) is 0 Å². The maximum Gasteiger partial charge on any atom is 0.415 e. The van der Waals surface area contributed by atoms with Gasteiger partial charge in [-0.2, -0.15) is 0 Å². The van der Waals surface area contributed by atoms with Gasteiger partial charge < -0.3 is 14.4 Å². The molecule has 1 saturated heterocycles. The Hall–Kier alpha value is -2.50. The fraction of sp³-hybridized carbons (Fsp3) is 0.714. The molecule has 0 aromatic heterocycles. The van der Waals surface area contributed by atoms with Gasteiger partial charge in [-0.1, -0.05) is 120 Å². The van der Waals surface area contributed by atoms with E-state index in [9.17, 15) is 9.59 Å². The highest BCUT2D eigenvalue weighted by Crippen LogP contribution is 2.35. The molecule has 6 nitrogen and oxygen atoms in total. The number of fused-ring (bicyclic) bond motifs is 1. The van der Waals surface area contributed by atoms with Crippen LogP contribution in [-0.2, 0) is 9.47 Å². The van der Waals surface area contributed by atoms with Crippen molar-refractivity contribution < 1.29 is 19.1 Å². The lowest BCUT2D eigenvalue weighted by Gasteiger charge is -2.28. The first-order chi connectivity index (χ1) is 20.1. The van der Waals surface area contributed by atoms with E-state index in [1.807, 2.05) is 53.2 Å². The monoisotopic (exact) mass is 566 g/mol. The van der Waals surface area contributed by atoms with Gasteiger partial charge in [-0.25, -0.2) is 9.59 Å². The number of carbonyl (C=O) groups is 2. The Morgan fingerprint density at radius 2 is 1.37 bits per heavy atom. The van der Waals surface area contributed by atoms with Crippen LogP contribution in [0, 0.1) is 11.8 Å². The molecule has 4 rings (SSSR count). The molecule has 0 aromatic carbocycles. The van der Waals surface area contributed by atoms with E-state index in [2.05, 4.69) is 6.08 Å². The zero-order chi connectivity index (χ0) is 28.7. The van der Waals surface area contributed by atoms with Crippen LogP contribution < -0.4 is 0 Å². The minimum absolute atomic E-state index is 0.139. The molecule has 228 valence electrons. The third-order valence-corrected chi connectivity index (χ3v) is 9.42. The van der Waals surface area contributed by atoms with Crippen molar-refractivity contribution >= 4 is 12.2 Å². The first-order valence-electron chi connectivity index (χ1n) is 16.7. The summed E-state index contributed by atoms with van der Waals surface area (Å²) in [5.41, 5.74) is 0. The van der Waals surface area contributed by atoms with Crippen LogP contribution in [0.1, 0.15) is 116 Å². The van der Waals surface area contributed by atoms with Gasteiger partial charge in [0.1, 0.15) is 11.9 Å². The predicted octanol–water partition coefficient (Wildman–Crippen LogP) is 9.09. The molecule has 2 aliphatic carbocycles. The molecular weight excluding hydrogens is 512 g/mol. The zero-order valence-electron chi connectivity index (χ0n) is 25.5. The van der Waals surface area contributed by atoms with Crippen molar-refractivity contribution in [2.75, 3.05) is 19.6 Å². The Morgan fingerprint density at radius 3 is 2.07 bits per heavy atom. The summed E-state index contributed by atoms with van der Waals surface area (Å²) in [5, 5.41) is 0. The van der Waals surface area contributed by atoms with Gasteiger partial charge in [-0.05, 0) is 50.2 Å². The lowest BCUT2D eigenvalue weighted by molar-refractivity contribution is 0.0893. The second-order valence-corrected chi connectivity index (χ2v) is 12.7. The molecular formula is C35H54N2O4. The quantitative estimate of drug-likeness (QED) is 0.175. The van der Waals surface area contributed by atoms with Crippen LogP contribution in [0.3, 0.4) is 0 Å². The van der Waals surface area contributed by atoms with Crippen LogP contribution in [0.4, 0.5) is 9.59 Å². The standard InChI is InChI=1S/C35H54N2O4/c1-29-17-9-8-15-27-36(34(38)40-29)26-14-6-2-4-10-18-30-22-24-31(25-23-30)19-11-5-3-7-16-28-37-32-20-12-13-21-33(32)41-35(37)39/h8-9,12-13,15,17,21,29-32H,2-7,10-11,14,16,18-20,22-28H2,1H3/b15-8-,17-9-. The number of hydrogen-bond acceptors (Lipinski definition) is 4. The topological polar surface area (TPSA) is 59.1 Å². The summed E-state index contributed by atoms with van der Waals surface area (Å²) in [7, 11) is 0. The highest BCUT2D eigenvalue weighted by molar-refractivity contribution is 5.73. The van der Waals surface area contributed by atoms with Gasteiger partial charge in [-0.3, -0.25) is 4.90 Å². The van der Waals surface area contributed by atoms with Gasteiger partial charge in [0, 0.05) is 19.6 Å². The number of cyclic esters (lactones) is 1. The lowest BCUT2D eigenvalue weighted by Crippen LogP contribution is -2.34. The first-order valence-corrected chi connectivity index (χ1v) is 16.7. The second-order valence-electron chi connectivity index (χ2n) is 12.7. The molecule has 2 unspecified atom stereocenters. The summed E-state index contributed by atoms with van der Waals surface area (Å²) in [4.78, 5) is 28.2. The number of hydrogen-bond donors (Lipinski definition) is 0. The number of amides is 2. The van der Waals surface area contributed by atoms with E-state index in [0.29, 0.717) is 6.54 Å². The normalized spacial score (nSPS) is 27.8. The summed E-state index contributed by atoms with van der Waals surface area (Å²) in [6, 6.07) is 0.139. The molecule has 0 aromatic rings. The van der Waals surface area contributed by atoms with E-state index < -0.39 is 0 Å². The summed E-state index contributed by atoms with van der Waals surface area (Å²) < 4.78 is 10.9.